The monoisotopic (exact) mass is 522 g/mol. The van der Waals surface area contributed by atoms with Crippen LogP contribution in [0.2, 0.25) is 0 Å². The molecular weight excluding hydrogens is 488 g/mol. The summed E-state index contributed by atoms with van der Waals surface area (Å²) in [5, 5.41) is 2.06. The lowest BCUT2D eigenvalue weighted by Gasteiger charge is -2.37. The third kappa shape index (κ3) is 6.07. The van der Waals surface area contributed by atoms with Crippen LogP contribution in [0.15, 0.2) is 60.0 Å². The van der Waals surface area contributed by atoms with Gasteiger partial charge in [0.15, 0.2) is 11.5 Å². The van der Waals surface area contributed by atoms with Crippen molar-refractivity contribution in [3.8, 4) is 17.2 Å². The summed E-state index contributed by atoms with van der Waals surface area (Å²) in [6.07, 6.45) is 0.786. The Kier molecular flexibility index (Phi) is 8.71. The third-order valence-corrected chi connectivity index (χ3v) is 7.41. The summed E-state index contributed by atoms with van der Waals surface area (Å²) in [6.45, 7) is 5.39. The van der Waals surface area contributed by atoms with Crippen LogP contribution in [-0.2, 0) is 11.2 Å². The first kappa shape index (κ1) is 26.5. The molecule has 4 rings (SSSR count). The second kappa shape index (κ2) is 12.1. The van der Waals surface area contributed by atoms with E-state index in [1.807, 2.05) is 49.1 Å². The number of nitrogens with zero attached hydrogens (tertiary/aromatic N) is 2. The molecule has 2 aromatic carbocycles. The lowest BCUT2D eigenvalue weighted by Crippen LogP contribution is -2.48. The molecule has 2 heterocycles. The number of carbonyl (C=O) groups is 2. The maximum Gasteiger partial charge on any atom is 0.258 e. The molecule has 0 radical (unpaired) electrons. The van der Waals surface area contributed by atoms with Crippen LogP contribution in [0.3, 0.4) is 0 Å². The van der Waals surface area contributed by atoms with Gasteiger partial charge in [-0.25, -0.2) is 0 Å². The SMILES string of the molecule is COc1ccccc1OC[C@H]1c2ccsc2CCN1C(=O)CN(CC(C)C)C(=O)c1ccccc1OC. The minimum atomic E-state index is -0.255. The second-order valence-corrected chi connectivity index (χ2v) is 10.4. The second-order valence-electron chi connectivity index (χ2n) is 9.39. The minimum absolute atomic E-state index is 0.0142. The van der Waals surface area contributed by atoms with Gasteiger partial charge in [0.25, 0.3) is 5.91 Å². The number of hydrogen-bond donors (Lipinski definition) is 0. The van der Waals surface area contributed by atoms with Crippen molar-refractivity contribution in [2.45, 2.75) is 26.3 Å². The number of methoxy groups -OCH3 is 2. The first-order valence-corrected chi connectivity index (χ1v) is 13.3. The van der Waals surface area contributed by atoms with Crippen molar-refractivity contribution in [1.82, 2.24) is 9.80 Å². The van der Waals surface area contributed by atoms with E-state index in [9.17, 15) is 9.59 Å². The predicted octanol–water partition coefficient (Wildman–Crippen LogP) is 5.07. The Labute approximate surface area is 222 Å². The summed E-state index contributed by atoms with van der Waals surface area (Å²) in [4.78, 5) is 32.1. The smallest absolute Gasteiger partial charge is 0.258 e. The maximum absolute atomic E-state index is 13.8. The van der Waals surface area contributed by atoms with E-state index in [0.717, 1.165) is 12.0 Å². The minimum Gasteiger partial charge on any atom is -0.496 e. The molecular formula is C29H34N2O5S. The highest BCUT2D eigenvalue weighted by Crippen LogP contribution is 2.35. The van der Waals surface area contributed by atoms with E-state index in [2.05, 4.69) is 11.4 Å². The van der Waals surface area contributed by atoms with Gasteiger partial charge in [-0.15, -0.1) is 11.3 Å². The summed E-state index contributed by atoms with van der Waals surface area (Å²) in [7, 11) is 3.15. The average Bonchev–Trinajstić information content (AvgIpc) is 3.40. The summed E-state index contributed by atoms with van der Waals surface area (Å²) in [6, 6.07) is 16.4. The first-order valence-electron chi connectivity index (χ1n) is 12.5. The van der Waals surface area contributed by atoms with Crippen molar-refractivity contribution < 1.29 is 23.8 Å². The van der Waals surface area contributed by atoms with Gasteiger partial charge in [0.05, 0.1) is 25.8 Å². The zero-order valence-electron chi connectivity index (χ0n) is 21.8. The third-order valence-electron chi connectivity index (χ3n) is 6.42. The fraction of sp³-hybridized carbons (Fsp3) is 0.379. The Morgan fingerprint density at radius 2 is 1.68 bits per heavy atom. The van der Waals surface area contributed by atoms with Crippen molar-refractivity contribution in [3.63, 3.8) is 0 Å². The normalized spacial score (nSPS) is 14.7. The van der Waals surface area contributed by atoms with Crippen LogP contribution >= 0.6 is 11.3 Å². The van der Waals surface area contributed by atoms with Crippen molar-refractivity contribution in [2.24, 2.45) is 5.92 Å². The molecule has 1 aliphatic rings. The summed E-state index contributed by atoms with van der Waals surface area (Å²) >= 11 is 1.70. The molecule has 0 saturated carbocycles. The Morgan fingerprint density at radius 1 is 1.00 bits per heavy atom. The Balaban J connectivity index is 1.56. The molecule has 8 heteroatoms. The molecule has 0 spiro atoms. The number of carbonyl (C=O) groups excluding carboxylic acids is 2. The number of benzene rings is 2. The molecule has 0 unspecified atom stereocenters. The van der Waals surface area contributed by atoms with Gasteiger partial charge < -0.3 is 24.0 Å². The Bertz CT molecular complexity index is 1220. The highest BCUT2D eigenvalue weighted by molar-refractivity contribution is 7.10. The lowest BCUT2D eigenvalue weighted by atomic mass is 10.00. The molecule has 1 atom stereocenters. The molecule has 0 fully saturated rings. The van der Waals surface area contributed by atoms with Gasteiger partial charge in [-0.2, -0.15) is 0 Å². The van der Waals surface area contributed by atoms with Gasteiger partial charge in [0.1, 0.15) is 18.9 Å². The van der Waals surface area contributed by atoms with E-state index in [0.29, 0.717) is 42.5 Å². The number of fused-ring (bicyclic) bond motifs is 1. The number of hydrogen-bond acceptors (Lipinski definition) is 6. The molecule has 0 N–H and O–H groups in total. The van der Waals surface area contributed by atoms with Crippen LogP contribution in [0.5, 0.6) is 17.2 Å². The van der Waals surface area contributed by atoms with E-state index >= 15 is 0 Å². The first-order chi connectivity index (χ1) is 17.9. The van der Waals surface area contributed by atoms with Gasteiger partial charge in [-0.3, -0.25) is 9.59 Å². The molecule has 0 bridgehead atoms. The van der Waals surface area contributed by atoms with Crippen LogP contribution in [0, 0.1) is 5.92 Å². The van der Waals surface area contributed by atoms with Crippen LogP contribution in [-0.4, -0.2) is 62.1 Å². The van der Waals surface area contributed by atoms with Gasteiger partial charge >= 0.3 is 0 Å². The Morgan fingerprint density at radius 3 is 2.38 bits per heavy atom. The molecule has 196 valence electrons. The highest BCUT2D eigenvalue weighted by Gasteiger charge is 2.34. The topological polar surface area (TPSA) is 68.3 Å². The average molecular weight is 523 g/mol. The van der Waals surface area contributed by atoms with Crippen molar-refractivity contribution >= 4 is 23.2 Å². The number of thiophene rings is 1. The molecule has 0 saturated heterocycles. The van der Waals surface area contributed by atoms with E-state index < -0.39 is 0 Å². The zero-order chi connectivity index (χ0) is 26.4. The molecule has 0 aliphatic carbocycles. The fourth-order valence-electron chi connectivity index (χ4n) is 4.69. The van der Waals surface area contributed by atoms with Gasteiger partial charge in [0.2, 0.25) is 5.91 Å². The van der Waals surface area contributed by atoms with Gasteiger partial charge in [-0.05, 0) is 53.6 Å². The molecule has 7 nitrogen and oxygen atoms in total. The predicted molar refractivity (Wildman–Crippen MR) is 145 cm³/mol. The van der Waals surface area contributed by atoms with Gasteiger partial charge in [-0.1, -0.05) is 38.1 Å². The van der Waals surface area contributed by atoms with Crippen LogP contribution in [0.25, 0.3) is 0 Å². The number of ether oxygens (including phenoxy) is 3. The van der Waals surface area contributed by atoms with Crippen LogP contribution in [0.1, 0.15) is 40.7 Å². The number of rotatable bonds is 10. The summed E-state index contributed by atoms with van der Waals surface area (Å²) < 4.78 is 17.0. The van der Waals surface area contributed by atoms with Crippen LogP contribution < -0.4 is 14.2 Å². The van der Waals surface area contributed by atoms with Gasteiger partial charge in [0, 0.05) is 18.0 Å². The van der Waals surface area contributed by atoms with E-state index in [-0.39, 0.29) is 30.3 Å². The Hall–Kier alpha value is -3.52. The molecule has 3 aromatic rings. The van der Waals surface area contributed by atoms with Crippen molar-refractivity contribution in [2.75, 3.05) is 40.5 Å². The van der Waals surface area contributed by atoms with Crippen molar-refractivity contribution in [1.29, 1.82) is 0 Å². The molecule has 1 aliphatic heterocycles. The summed E-state index contributed by atoms with van der Waals surface area (Å²) in [5.41, 5.74) is 1.55. The van der Waals surface area contributed by atoms with E-state index in [4.69, 9.17) is 14.2 Å². The van der Waals surface area contributed by atoms with E-state index in [1.165, 1.54) is 4.88 Å². The van der Waals surface area contributed by atoms with E-state index in [1.54, 1.807) is 48.7 Å². The highest BCUT2D eigenvalue weighted by atomic mass is 32.1. The summed E-state index contributed by atoms with van der Waals surface area (Å²) in [5.74, 6) is 1.65. The quantitative estimate of drug-likeness (QED) is 0.372. The lowest BCUT2D eigenvalue weighted by molar-refractivity contribution is -0.135. The standard InChI is InChI=1S/C29H34N2O5S/c1-20(2)17-30(29(33)22-9-5-6-10-24(22)34-3)18-28(32)31-15-13-27-21(14-16-37-27)23(31)19-36-26-12-8-7-11-25(26)35-4/h5-12,14,16,20,23H,13,15,17-19H2,1-4H3/t23-/m0/s1. The van der Waals surface area contributed by atoms with Crippen molar-refractivity contribution in [3.05, 3.63) is 76.0 Å². The molecule has 2 amide bonds. The fourth-order valence-corrected chi connectivity index (χ4v) is 5.62. The molecule has 1 aromatic heterocycles. The zero-order valence-corrected chi connectivity index (χ0v) is 22.6. The number of para-hydroxylation sites is 3. The molecule has 37 heavy (non-hydrogen) atoms. The maximum atomic E-state index is 13.8. The number of amides is 2. The van der Waals surface area contributed by atoms with Crippen LogP contribution in [0.4, 0.5) is 0 Å². The largest absolute Gasteiger partial charge is 0.496 e.